The molecule has 0 amide bonds. The molecule has 0 saturated heterocycles. The SMILES string of the molecule is CCN1C=CC(n2ccc(=O)cc2Cl)=CC1. The molecule has 0 saturated carbocycles. The van der Waals surface area contributed by atoms with Crippen LogP contribution in [-0.2, 0) is 0 Å². The summed E-state index contributed by atoms with van der Waals surface area (Å²) in [7, 11) is 0. The van der Waals surface area contributed by atoms with Crippen LogP contribution in [0.15, 0.2) is 41.5 Å². The third-order valence-electron chi connectivity index (χ3n) is 2.55. The van der Waals surface area contributed by atoms with E-state index in [1.807, 2.05) is 12.3 Å². The van der Waals surface area contributed by atoms with Crippen LogP contribution in [0.1, 0.15) is 6.92 Å². The minimum absolute atomic E-state index is 0.0724. The Morgan fingerprint density at radius 3 is 2.88 bits per heavy atom. The molecule has 16 heavy (non-hydrogen) atoms. The van der Waals surface area contributed by atoms with E-state index in [4.69, 9.17) is 11.6 Å². The number of halogens is 1. The van der Waals surface area contributed by atoms with Gasteiger partial charge in [-0.25, -0.2) is 0 Å². The van der Waals surface area contributed by atoms with E-state index in [-0.39, 0.29) is 5.43 Å². The van der Waals surface area contributed by atoms with Gasteiger partial charge in [0.25, 0.3) is 0 Å². The molecule has 0 aliphatic carbocycles. The zero-order chi connectivity index (χ0) is 11.5. The van der Waals surface area contributed by atoms with Crippen molar-refractivity contribution < 1.29 is 0 Å². The van der Waals surface area contributed by atoms with Gasteiger partial charge in [0.05, 0.1) is 0 Å². The van der Waals surface area contributed by atoms with Gasteiger partial charge in [0.2, 0.25) is 0 Å². The van der Waals surface area contributed by atoms with Crippen molar-refractivity contribution in [3.05, 3.63) is 52.1 Å². The van der Waals surface area contributed by atoms with Crippen molar-refractivity contribution in [1.29, 1.82) is 0 Å². The summed E-state index contributed by atoms with van der Waals surface area (Å²) in [6.45, 7) is 3.96. The number of hydrogen-bond donors (Lipinski definition) is 0. The molecule has 0 unspecified atom stereocenters. The van der Waals surface area contributed by atoms with E-state index < -0.39 is 0 Å². The number of nitrogens with zero attached hydrogens (tertiary/aromatic N) is 2. The van der Waals surface area contributed by atoms with Crippen LogP contribution >= 0.6 is 11.6 Å². The summed E-state index contributed by atoms with van der Waals surface area (Å²) in [4.78, 5) is 13.3. The van der Waals surface area contributed by atoms with E-state index in [9.17, 15) is 4.79 Å². The normalized spacial score (nSPS) is 15.1. The van der Waals surface area contributed by atoms with Crippen LogP contribution in [0.3, 0.4) is 0 Å². The van der Waals surface area contributed by atoms with Gasteiger partial charge in [0.1, 0.15) is 5.15 Å². The smallest absolute Gasteiger partial charge is 0.183 e. The lowest BCUT2D eigenvalue weighted by molar-refractivity contribution is 0.436. The highest BCUT2D eigenvalue weighted by Crippen LogP contribution is 2.17. The van der Waals surface area contributed by atoms with E-state index >= 15 is 0 Å². The van der Waals surface area contributed by atoms with Gasteiger partial charge in [-0.15, -0.1) is 0 Å². The van der Waals surface area contributed by atoms with Gasteiger partial charge < -0.3 is 9.47 Å². The highest BCUT2D eigenvalue weighted by atomic mass is 35.5. The highest BCUT2D eigenvalue weighted by molar-refractivity contribution is 6.30. The Hall–Kier alpha value is -1.48. The second-order valence-electron chi connectivity index (χ2n) is 3.59. The van der Waals surface area contributed by atoms with Gasteiger partial charge in [0, 0.05) is 43.3 Å². The third kappa shape index (κ3) is 2.19. The van der Waals surface area contributed by atoms with Crippen LogP contribution in [0.25, 0.3) is 5.70 Å². The van der Waals surface area contributed by atoms with Crippen molar-refractivity contribution >= 4 is 17.3 Å². The maximum absolute atomic E-state index is 11.1. The first-order valence-electron chi connectivity index (χ1n) is 5.21. The monoisotopic (exact) mass is 236 g/mol. The molecule has 2 rings (SSSR count). The molecule has 1 aromatic rings. The fourth-order valence-corrected chi connectivity index (χ4v) is 1.86. The Kier molecular flexibility index (Phi) is 3.15. The average molecular weight is 237 g/mol. The Labute approximate surface area is 99.3 Å². The molecule has 0 aromatic carbocycles. The molecule has 3 nitrogen and oxygen atoms in total. The predicted octanol–water partition coefficient (Wildman–Crippen LogP) is 2.19. The lowest BCUT2D eigenvalue weighted by Crippen LogP contribution is -2.20. The maximum Gasteiger partial charge on any atom is 0.183 e. The van der Waals surface area contributed by atoms with Crippen LogP contribution < -0.4 is 5.43 Å². The lowest BCUT2D eigenvalue weighted by Gasteiger charge is -2.21. The van der Waals surface area contributed by atoms with E-state index in [0.29, 0.717) is 5.15 Å². The molecule has 0 fully saturated rings. The summed E-state index contributed by atoms with van der Waals surface area (Å²) in [5.41, 5.74) is 0.923. The van der Waals surface area contributed by atoms with Crippen molar-refractivity contribution in [2.45, 2.75) is 6.92 Å². The molecule has 0 atom stereocenters. The lowest BCUT2D eigenvalue weighted by atomic mass is 10.3. The molecule has 1 aromatic heterocycles. The molecule has 2 heterocycles. The van der Waals surface area contributed by atoms with Gasteiger partial charge in [0.15, 0.2) is 5.43 Å². The highest BCUT2D eigenvalue weighted by Gasteiger charge is 2.06. The van der Waals surface area contributed by atoms with Crippen molar-refractivity contribution in [2.24, 2.45) is 0 Å². The molecule has 0 bridgehead atoms. The second-order valence-corrected chi connectivity index (χ2v) is 3.97. The van der Waals surface area contributed by atoms with E-state index in [0.717, 1.165) is 18.8 Å². The molecule has 1 aliphatic rings. The minimum Gasteiger partial charge on any atom is -0.374 e. The van der Waals surface area contributed by atoms with Crippen molar-refractivity contribution in [3.8, 4) is 0 Å². The number of aromatic nitrogens is 1. The Morgan fingerprint density at radius 1 is 1.50 bits per heavy atom. The number of allylic oxidation sites excluding steroid dienone is 2. The topological polar surface area (TPSA) is 25.2 Å². The van der Waals surface area contributed by atoms with Gasteiger partial charge in [-0.3, -0.25) is 4.79 Å². The molecule has 0 radical (unpaired) electrons. The maximum atomic E-state index is 11.1. The standard InChI is InChI=1S/C12H13ClN2O/c1-2-14-6-3-10(4-7-14)15-8-5-11(16)9-12(15)13/h3-6,8-9H,2,7H2,1H3. The summed E-state index contributed by atoms with van der Waals surface area (Å²) in [5.74, 6) is 0. The van der Waals surface area contributed by atoms with Crippen molar-refractivity contribution in [2.75, 3.05) is 13.1 Å². The van der Waals surface area contributed by atoms with Crippen LogP contribution in [0.4, 0.5) is 0 Å². The molecule has 84 valence electrons. The van der Waals surface area contributed by atoms with Crippen molar-refractivity contribution in [3.63, 3.8) is 0 Å². The van der Waals surface area contributed by atoms with Crippen LogP contribution in [0.2, 0.25) is 5.15 Å². The number of likely N-dealkylation sites (N-methyl/N-ethyl adjacent to an activating group) is 1. The van der Waals surface area contributed by atoms with Crippen LogP contribution in [0.5, 0.6) is 0 Å². The zero-order valence-corrected chi connectivity index (χ0v) is 9.81. The molecule has 4 heteroatoms. The van der Waals surface area contributed by atoms with Crippen LogP contribution in [-0.4, -0.2) is 22.6 Å². The number of rotatable bonds is 2. The largest absolute Gasteiger partial charge is 0.374 e. The van der Waals surface area contributed by atoms with Gasteiger partial charge in [-0.1, -0.05) is 11.6 Å². The average Bonchev–Trinajstić information content (AvgIpc) is 2.29. The van der Waals surface area contributed by atoms with Crippen LogP contribution in [0, 0.1) is 0 Å². The number of pyridine rings is 1. The molecule has 0 N–H and O–H groups in total. The summed E-state index contributed by atoms with van der Waals surface area (Å²) < 4.78 is 1.80. The predicted molar refractivity (Wildman–Crippen MR) is 66.4 cm³/mol. The summed E-state index contributed by atoms with van der Waals surface area (Å²) in [6.07, 6.45) is 7.80. The summed E-state index contributed by atoms with van der Waals surface area (Å²) in [6, 6.07) is 2.93. The van der Waals surface area contributed by atoms with E-state index in [1.165, 1.54) is 12.1 Å². The summed E-state index contributed by atoms with van der Waals surface area (Å²) in [5, 5.41) is 0.438. The molecular formula is C12H13ClN2O. The third-order valence-corrected chi connectivity index (χ3v) is 2.85. The van der Waals surface area contributed by atoms with Gasteiger partial charge >= 0.3 is 0 Å². The Morgan fingerprint density at radius 2 is 2.31 bits per heavy atom. The first-order valence-corrected chi connectivity index (χ1v) is 5.59. The number of hydrogen-bond acceptors (Lipinski definition) is 2. The molecule has 1 aliphatic heterocycles. The molecular weight excluding hydrogens is 224 g/mol. The fraction of sp³-hybridized carbons (Fsp3) is 0.250. The second kappa shape index (κ2) is 4.58. The Bertz CT molecular complexity index is 502. The van der Waals surface area contributed by atoms with Gasteiger partial charge in [-0.2, -0.15) is 0 Å². The first-order chi connectivity index (χ1) is 7.70. The summed E-state index contributed by atoms with van der Waals surface area (Å²) >= 11 is 6.01. The quantitative estimate of drug-likeness (QED) is 0.736. The first kappa shape index (κ1) is 11.0. The van der Waals surface area contributed by atoms with Crippen molar-refractivity contribution in [1.82, 2.24) is 9.47 Å². The fourth-order valence-electron chi connectivity index (χ4n) is 1.60. The van der Waals surface area contributed by atoms with E-state index in [2.05, 4.69) is 17.9 Å². The molecule has 0 spiro atoms. The zero-order valence-electron chi connectivity index (χ0n) is 9.06. The Balaban J connectivity index is 2.30. The van der Waals surface area contributed by atoms with E-state index in [1.54, 1.807) is 10.8 Å². The minimum atomic E-state index is -0.0724. The van der Waals surface area contributed by atoms with Gasteiger partial charge in [-0.05, 0) is 19.1 Å².